The Morgan fingerprint density at radius 2 is 1.93 bits per heavy atom. The van der Waals surface area contributed by atoms with Gasteiger partial charge in [0.15, 0.2) is 0 Å². The highest BCUT2D eigenvalue weighted by molar-refractivity contribution is 5.92. The second-order valence-electron chi connectivity index (χ2n) is 7.24. The van der Waals surface area contributed by atoms with Crippen LogP contribution in [0.3, 0.4) is 0 Å². The van der Waals surface area contributed by atoms with Gasteiger partial charge in [0.2, 0.25) is 0 Å². The summed E-state index contributed by atoms with van der Waals surface area (Å²) in [6.07, 6.45) is 4.72. The number of fused-ring (bicyclic) bond motifs is 1. The molecule has 1 aliphatic heterocycles. The van der Waals surface area contributed by atoms with Crippen LogP contribution in [0.4, 0.5) is 0 Å². The summed E-state index contributed by atoms with van der Waals surface area (Å²) in [6.45, 7) is 3.16. The second-order valence-corrected chi connectivity index (χ2v) is 7.24. The molecule has 0 saturated carbocycles. The number of aromatic nitrogens is 5. The Bertz CT molecular complexity index is 1190. The number of ether oxygens (including phenoxy) is 1. The number of amides is 1. The lowest BCUT2D eigenvalue weighted by Gasteiger charge is -2.31. The van der Waals surface area contributed by atoms with E-state index in [4.69, 9.17) is 4.74 Å². The van der Waals surface area contributed by atoms with E-state index in [1.807, 2.05) is 43.5 Å². The summed E-state index contributed by atoms with van der Waals surface area (Å²) < 4.78 is 7.69. The van der Waals surface area contributed by atoms with Gasteiger partial charge in [-0.25, -0.2) is 9.50 Å². The SMILES string of the molecule is Cc1cnc(C(=O)N2CCO[C@@H](c3nnn4cc(-c5ccccc5)ccc34)C2)cn1. The molecule has 0 unspecified atom stereocenters. The van der Waals surface area contributed by atoms with Gasteiger partial charge < -0.3 is 9.64 Å². The maximum Gasteiger partial charge on any atom is 0.274 e. The number of carbonyl (C=O) groups is 1. The van der Waals surface area contributed by atoms with E-state index >= 15 is 0 Å². The molecule has 8 heteroatoms. The Balaban J connectivity index is 1.39. The van der Waals surface area contributed by atoms with Crippen molar-refractivity contribution in [1.82, 2.24) is 29.7 Å². The van der Waals surface area contributed by atoms with Crippen molar-refractivity contribution in [2.75, 3.05) is 19.7 Å². The largest absolute Gasteiger partial charge is 0.368 e. The number of hydrogen-bond acceptors (Lipinski definition) is 6. The molecule has 1 amide bonds. The van der Waals surface area contributed by atoms with Crippen molar-refractivity contribution in [3.05, 3.63) is 78.1 Å². The molecule has 4 heterocycles. The Hall–Kier alpha value is -3.65. The van der Waals surface area contributed by atoms with Crippen molar-refractivity contribution in [2.45, 2.75) is 13.0 Å². The average molecular weight is 400 g/mol. The third-order valence-corrected chi connectivity index (χ3v) is 5.21. The van der Waals surface area contributed by atoms with Crippen LogP contribution in [-0.4, -0.2) is 55.3 Å². The van der Waals surface area contributed by atoms with Gasteiger partial charge in [-0.15, -0.1) is 5.10 Å². The average Bonchev–Trinajstić information content (AvgIpc) is 3.23. The highest BCUT2D eigenvalue weighted by atomic mass is 16.5. The van der Waals surface area contributed by atoms with Crippen molar-refractivity contribution >= 4 is 11.4 Å². The van der Waals surface area contributed by atoms with E-state index in [2.05, 4.69) is 32.4 Å². The lowest BCUT2D eigenvalue weighted by atomic mass is 10.1. The molecule has 4 aromatic rings. The maximum absolute atomic E-state index is 12.8. The van der Waals surface area contributed by atoms with Crippen LogP contribution in [0.1, 0.15) is 28.0 Å². The zero-order valence-corrected chi connectivity index (χ0v) is 16.5. The summed E-state index contributed by atoms with van der Waals surface area (Å²) in [6, 6.07) is 14.2. The van der Waals surface area contributed by atoms with Crippen molar-refractivity contribution in [3.8, 4) is 11.1 Å². The first kappa shape index (κ1) is 18.4. The summed E-state index contributed by atoms with van der Waals surface area (Å²) in [7, 11) is 0. The zero-order valence-electron chi connectivity index (χ0n) is 16.5. The van der Waals surface area contributed by atoms with Gasteiger partial charge in [-0.05, 0) is 18.6 Å². The molecule has 8 nitrogen and oxygen atoms in total. The standard InChI is InChI=1S/C22H20N6O2/c1-15-11-24-18(12-23-15)22(29)27-9-10-30-20(14-27)21-19-8-7-17(13-28(19)26-25-21)16-5-3-2-4-6-16/h2-8,11-13,20H,9-10,14H2,1H3/t20-/m1/s1. The first-order valence-corrected chi connectivity index (χ1v) is 9.79. The fraction of sp³-hybridized carbons (Fsp3) is 0.227. The van der Waals surface area contributed by atoms with Crippen LogP contribution >= 0.6 is 0 Å². The molecule has 150 valence electrons. The summed E-state index contributed by atoms with van der Waals surface area (Å²) in [5.74, 6) is -0.154. The van der Waals surface area contributed by atoms with Gasteiger partial charge in [-0.3, -0.25) is 9.78 Å². The van der Waals surface area contributed by atoms with Crippen LogP contribution in [0, 0.1) is 6.92 Å². The second kappa shape index (κ2) is 7.64. The van der Waals surface area contributed by atoms with Gasteiger partial charge in [0.25, 0.3) is 5.91 Å². The number of carbonyl (C=O) groups excluding carboxylic acids is 1. The highest BCUT2D eigenvalue weighted by Gasteiger charge is 2.29. The lowest BCUT2D eigenvalue weighted by Crippen LogP contribution is -2.42. The zero-order chi connectivity index (χ0) is 20.5. The van der Waals surface area contributed by atoms with E-state index in [0.717, 1.165) is 28.0 Å². The Morgan fingerprint density at radius 1 is 1.07 bits per heavy atom. The molecule has 0 radical (unpaired) electrons. The molecule has 1 atom stereocenters. The number of nitrogens with zero attached hydrogens (tertiary/aromatic N) is 6. The lowest BCUT2D eigenvalue weighted by molar-refractivity contribution is -0.0243. The minimum Gasteiger partial charge on any atom is -0.368 e. The molecule has 3 aromatic heterocycles. The number of rotatable bonds is 3. The van der Waals surface area contributed by atoms with E-state index in [1.54, 1.807) is 15.6 Å². The van der Waals surface area contributed by atoms with Gasteiger partial charge in [0.05, 0.1) is 30.6 Å². The van der Waals surface area contributed by atoms with E-state index in [9.17, 15) is 4.79 Å². The highest BCUT2D eigenvalue weighted by Crippen LogP contribution is 2.27. The van der Waals surface area contributed by atoms with Gasteiger partial charge >= 0.3 is 0 Å². The van der Waals surface area contributed by atoms with Crippen LogP contribution in [0.2, 0.25) is 0 Å². The van der Waals surface area contributed by atoms with Gasteiger partial charge in [-0.1, -0.05) is 41.6 Å². The molecule has 0 spiro atoms. The smallest absolute Gasteiger partial charge is 0.274 e. The molecule has 30 heavy (non-hydrogen) atoms. The van der Waals surface area contributed by atoms with E-state index in [-0.39, 0.29) is 12.0 Å². The number of aryl methyl sites for hydroxylation is 1. The quantitative estimate of drug-likeness (QED) is 0.526. The van der Waals surface area contributed by atoms with Crippen molar-refractivity contribution < 1.29 is 9.53 Å². The predicted octanol–water partition coefficient (Wildman–Crippen LogP) is 2.71. The number of benzene rings is 1. The third kappa shape index (κ3) is 3.42. The van der Waals surface area contributed by atoms with E-state index in [0.29, 0.717) is 25.4 Å². The number of pyridine rings is 1. The van der Waals surface area contributed by atoms with Crippen LogP contribution < -0.4 is 0 Å². The van der Waals surface area contributed by atoms with Crippen LogP contribution in [0.5, 0.6) is 0 Å². The monoisotopic (exact) mass is 400 g/mol. The van der Waals surface area contributed by atoms with Crippen molar-refractivity contribution in [3.63, 3.8) is 0 Å². The van der Waals surface area contributed by atoms with Crippen LogP contribution in [-0.2, 0) is 4.74 Å². The summed E-state index contributed by atoms with van der Waals surface area (Å²) in [4.78, 5) is 22.9. The molecular formula is C22H20N6O2. The normalized spacial score (nSPS) is 16.7. The maximum atomic E-state index is 12.8. The Labute approximate surface area is 173 Å². The Kier molecular flexibility index (Phi) is 4.68. The molecule has 1 aromatic carbocycles. The number of hydrogen-bond donors (Lipinski definition) is 0. The number of morpholine rings is 1. The molecular weight excluding hydrogens is 380 g/mol. The molecule has 1 fully saturated rings. The van der Waals surface area contributed by atoms with Crippen molar-refractivity contribution in [1.29, 1.82) is 0 Å². The van der Waals surface area contributed by atoms with Crippen molar-refractivity contribution in [2.24, 2.45) is 0 Å². The third-order valence-electron chi connectivity index (χ3n) is 5.21. The predicted molar refractivity (Wildman–Crippen MR) is 110 cm³/mol. The van der Waals surface area contributed by atoms with E-state index in [1.165, 1.54) is 6.20 Å². The Morgan fingerprint density at radius 3 is 2.73 bits per heavy atom. The van der Waals surface area contributed by atoms with Gasteiger partial charge in [0, 0.05) is 24.5 Å². The molecule has 1 saturated heterocycles. The molecule has 0 aliphatic carbocycles. The minimum atomic E-state index is -0.346. The molecule has 0 N–H and O–H groups in total. The molecule has 5 rings (SSSR count). The summed E-state index contributed by atoms with van der Waals surface area (Å²) in [5.41, 5.74) is 4.87. The fourth-order valence-corrected chi connectivity index (χ4v) is 3.61. The van der Waals surface area contributed by atoms with Gasteiger partial charge in [-0.2, -0.15) is 0 Å². The molecule has 0 bridgehead atoms. The first-order valence-electron chi connectivity index (χ1n) is 9.79. The van der Waals surface area contributed by atoms with Gasteiger partial charge in [0.1, 0.15) is 17.5 Å². The first-order chi connectivity index (χ1) is 14.7. The van der Waals surface area contributed by atoms with Crippen LogP contribution in [0.25, 0.3) is 16.6 Å². The minimum absolute atomic E-state index is 0.154. The van der Waals surface area contributed by atoms with E-state index < -0.39 is 0 Å². The fourth-order valence-electron chi connectivity index (χ4n) is 3.61. The summed E-state index contributed by atoms with van der Waals surface area (Å²) in [5, 5.41) is 8.63. The van der Waals surface area contributed by atoms with Crippen LogP contribution in [0.15, 0.2) is 61.1 Å². The summed E-state index contributed by atoms with van der Waals surface area (Å²) >= 11 is 0. The molecule has 1 aliphatic rings. The topological polar surface area (TPSA) is 85.5 Å².